The first-order chi connectivity index (χ1) is 6.49. The molecule has 0 aliphatic carbocycles. The van der Waals surface area contributed by atoms with Crippen LogP contribution in [0.2, 0.25) is 0 Å². The van der Waals surface area contributed by atoms with E-state index in [0.29, 0.717) is 26.3 Å². The Balaban J connectivity index is 2.30. The second-order valence-electron chi connectivity index (χ2n) is 3.20. The SMILES string of the molecule is O=S(=O)(O)CCC(O)N1CCOCC1. The minimum atomic E-state index is -3.98. The van der Waals surface area contributed by atoms with E-state index in [1.807, 2.05) is 0 Å². The van der Waals surface area contributed by atoms with Gasteiger partial charge >= 0.3 is 0 Å². The highest BCUT2D eigenvalue weighted by molar-refractivity contribution is 7.85. The third-order valence-corrected chi connectivity index (χ3v) is 2.85. The van der Waals surface area contributed by atoms with Crippen molar-refractivity contribution in [3.05, 3.63) is 0 Å². The van der Waals surface area contributed by atoms with E-state index in [9.17, 15) is 13.5 Å². The number of hydrogen-bond donors (Lipinski definition) is 2. The highest BCUT2D eigenvalue weighted by atomic mass is 32.2. The van der Waals surface area contributed by atoms with E-state index in [2.05, 4.69) is 0 Å². The summed E-state index contributed by atoms with van der Waals surface area (Å²) in [4.78, 5) is 1.73. The lowest BCUT2D eigenvalue weighted by Gasteiger charge is -2.30. The maximum atomic E-state index is 10.4. The molecule has 1 rings (SSSR count). The number of rotatable bonds is 4. The van der Waals surface area contributed by atoms with Gasteiger partial charge in [0.25, 0.3) is 10.1 Å². The quantitative estimate of drug-likeness (QED) is 0.591. The summed E-state index contributed by atoms with van der Waals surface area (Å²) in [5, 5.41) is 9.53. The van der Waals surface area contributed by atoms with Crippen molar-refractivity contribution in [2.75, 3.05) is 32.1 Å². The minimum Gasteiger partial charge on any atom is -0.379 e. The van der Waals surface area contributed by atoms with Gasteiger partial charge in [0, 0.05) is 19.5 Å². The predicted octanol–water partition coefficient (Wildman–Crippen LogP) is -1.09. The number of nitrogens with zero attached hydrogens (tertiary/aromatic N) is 1. The third-order valence-electron chi connectivity index (χ3n) is 2.10. The van der Waals surface area contributed by atoms with Crippen LogP contribution in [0, 0.1) is 0 Å². The Morgan fingerprint density at radius 3 is 2.43 bits per heavy atom. The molecule has 0 aromatic heterocycles. The van der Waals surface area contributed by atoms with Crippen molar-refractivity contribution in [1.82, 2.24) is 4.90 Å². The van der Waals surface area contributed by atoms with E-state index < -0.39 is 22.1 Å². The molecular weight excluding hydrogens is 210 g/mol. The Hall–Kier alpha value is -0.210. The lowest BCUT2D eigenvalue weighted by atomic mass is 10.3. The average Bonchev–Trinajstić information content (AvgIpc) is 2.14. The first-order valence-electron chi connectivity index (χ1n) is 4.44. The summed E-state index contributed by atoms with van der Waals surface area (Å²) in [5.74, 6) is -0.411. The zero-order valence-corrected chi connectivity index (χ0v) is 8.61. The van der Waals surface area contributed by atoms with Crippen LogP contribution < -0.4 is 0 Å². The van der Waals surface area contributed by atoms with Crippen LogP contribution in [0.5, 0.6) is 0 Å². The molecule has 0 aromatic rings. The van der Waals surface area contributed by atoms with E-state index in [-0.39, 0.29) is 6.42 Å². The van der Waals surface area contributed by atoms with Gasteiger partial charge in [0.1, 0.15) is 6.23 Å². The van der Waals surface area contributed by atoms with Crippen molar-refractivity contribution in [3.63, 3.8) is 0 Å². The molecule has 0 saturated carbocycles. The van der Waals surface area contributed by atoms with Gasteiger partial charge in [-0.05, 0) is 0 Å². The largest absolute Gasteiger partial charge is 0.379 e. The normalized spacial score (nSPS) is 22.1. The molecule has 1 aliphatic rings. The van der Waals surface area contributed by atoms with Gasteiger partial charge in [-0.3, -0.25) is 9.45 Å². The molecule has 7 heteroatoms. The molecule has 0 amide bonds. The Bertz CT molecular complexity index is 259. The van der Waals surface area contributed by atoms with Gasteiger partial charge in [0.15, 0.2) is 0 Å². The maximum Gasteiger partial charge on any atom is 0.265 e. The maximum absolute atomic E-state index is 10.4. The second kappa shape index (κ2) is 5.04. The van der Waals surface area contributed by atoms with Gasteiger partial charge in [0.2, 0.25) is 0 Å². The van der Waals surface area contributed by atoms with Crippen LogP contribution in [-0.2, 0) is 14.9 Å². The zero-order chi connectivity index (χ0) is 10.6. The summed E-state index contributed by atoms with van der Waals surface area (Å²) >= 11 is 0. The number of morpholine rings is 1. The molecule has 1 saturated heterocycles. The monoisotopic (exact) mass is 225 g/mol. The zero-order valence-electron chi connectivity index (χ0n) is 7.79. The Labute approximate surface area is 83.2 Å². The van der Waals surface area contributed by atoms with E-state index >= 15 is 0 Å². The topological polar surface area (TPSA) is 87.1 Å². The average molecular weight is 225 g/mol. The number of hydrogen-bond acceptors (Lipinski definition) is 5. The highest BCUT2D eigenvalue weighted by Crippen LogP contribution is 2.05. The predicted molar refractivity (Wildman–Crippen MR) is 49.4 cm³/mol. The number of ether oxygens (including phenoxy) is 1. The smallest absolute Gasteiger partial charge is 0.265 e. The van der Waals surface area contributed by atoms with Crippen LogP contribution >= 0.6 is 0 Å². The summed E-state index contributed by atoms with van der Waals surface area (Å²) < 4.78 is 34.4. The van der Waals surface area contributed by atoms with Crippen molar-refractivity contribution < 1.29 is 22.8 Å². The van der Waals surface area contributed by atoms with E-state index in [1.165, 1.54) is 0 Å². The lowest BCUT2D eigenvalue weighted by Crippen LogP contribution is -2.44. The molecule has 1 aliphatic heterocycles. The second-order valence-corrected chi connectivity index (χ2v) is 4.78. The van der Waals surface area contributed by atoms with Crippen LogP contribution in [0.3, 0.4) is 0 Å². The standard InChI is InChI=1S/C7H15NO5S/c9-7(1-6-14(10,11)12)8-2-4-13-5-3-8/h7,9H,1-6H2,(H,10,11,12). The van der Waals surface area contributed by atoms with Gasteiger partial charge in [-0.25, -0.2) is 0 Å². The van der Waals surface area contributed by atoms with Crippen molar-refractivity contribution in [1.29, 1.82) is 0 Å². The van der Waals surface area contributed by atoms with Crippen molar-refractivity contribution in [3.8, 4) is 0 Å². The summed E-state index contributed by atoms with van der Waals surface area (Å²) in [5.41, 5.74) is 0. The van der Waals surface area contributed by atoms with Gasteiger partial charge in [-0.15, -0.1) is 0 Å². The molecule has 84 valence electrons. The van der Waals surface area contributed by atoms with Crippen LogP contribution in [0.25, 0.3) is 0 Å². The molecule has 6 nitrogen and oxygen atoms in total. The number of aliphatic hydroxyl groups is 1. The van der Waals surface area contributed by atoms with Gasteiger partial charge in [-0.2, -0.15) is 8.42 Å². The molecule has 2 N–H and O–H groups in total. The van der Waals surface area contributed by atoms with Crippen molar-refractivity contribution in [2.45, 2.75) is 12.6 Å². The van der Waals surface area contributed by atoms with Crippen LogP contribution in [0.1, 0.15) is 6.42 Å². The third kappa shape index (κ3) is 4.34. The molecule has 14 heavy (non-hydrogen) atoms. The molecule has 0 radical (unpaired) electrons. The fourth-order valence-electron chi connectivity index (χ4n) is 1.31. The first-order valence-corrected chi connectivity index (χ1v) is 6.05. The van der Waals surface area contributed by atoms with E-state index in [1.54, 1.807) is 4.90 Å². The molecular formula is C7H15NO5S. The summed E-state index contributed by atoms with van der Waals surface area (Å²) in [6.07, 6.45) is -0.792. The van der Waals surface area contributed by atoms with Gasteiger partial charge < -0.3 is 9.84 Å². The molecule has 1 unspecified atom stereocenters. The molecule has 1 atom stereocenters. The summed E-state index contributed by atoms with van der Waals surface area (Å²) in [7, 11) is -3.98. The van der Waals surface area contributed by atoms with E-state index in [0.717, 1.165) is 0 Å². The Morgan fingerprint density at radius 2 is 1.93 bits per heavy atom. The van der Waals surface area contributed by atoms with Crippen molar-refractivity contribution in [2.24, 2.45) is 0 Å². The Kier molecular flexibility index (Phi) is 4.27. The molecule has 0 spiro atoms. The molecule has 0 aromatic carbocycles. The van der Waals surface area contributed by atoms with E-state index in [4.69, 9.17) is 9.29 Å². The van der Waals surface area contributed by atoms with Crippen LogP contribution in [-0.4, -0.2) is 61.3 Å². The fraction of sp³-hybridized carbons (Fsp3) is 1.00. The van der Waals surface area contributed by atoms with Crippen LogP contribution in [0.15, 0.2) is 0 Å². The molecule has 1 heterocycles. The summed E-state index contributed by atoms with van der Waals surface area (Å²) in [6, 6.07) is 0. The van der Waals surface area contributed by atoms with Gasteiger partial charge in [0.05, 0.1) is 19.0 Å². The Morgan fingerprint density at radius 1 is 1.36 bits per heavy atom. The lowest BCUT2D eigenvalue weighted by molar-refractivity contribution is -0.0591. The first kappa shape index (κ1) is 11.9. The highest BCUT2D eigenvalue weighted by Gasteiger charge is 2.20. The number of aliphatic hydroxyl groups excluding tert-OH is 1. The fourth-order valence-corrected chi connectivity index (χ4v) is 1.82. The van der Waals surface area contributed by atoms with Crippen molar-refractivity contribution >= 4 is 10.1 Å². The minimum absolute atomic E-state index is 0.0266. The van der Waals surface area contributed by atoms with Crippen LogP contribution in [0.4, 0.5) is 0 Å². The molecule has 0 bridgehead atoms. The van der Waals surface area contributed by atoms with Gasteiger partial charge in [-0.1, -0.05) is 0 Å². The summed E-state index contributed by atoms with van der Waals surface area (Å²) in [6.45, 7) is 2.27. The molecule has 1 fully saturated rings.